The van der Waals surface area contributed by atoms with Gasteiger partial charge in [-0.05, 0) is 75.8 Å². The molecule has 3 aliphatic rings. The minimum Gasteiger partial charge on any atom is -0.379 e. The van der Waals surface area contributed by atoms with Crippen LogP contribution in [0.2, 0.25) is 0 Å². The van der Waals surface area contributed by atoms with Crippen LogP contribution in [0.25, 0.3) is 22.3 Å². The standard InChI is InChI=1S/C30H36N6O/c1-19(2)36-29(30-23-15-22(16-24(23)30)34-10-12-37-13-11-34)17-27(33-36)21-14-28-26(32-18-21)7-9-35(28)20(3)25-6-4-5-8-31-25/h4-9,14,17-20,22-24,30H,10-13,15-16H2,1-3H3/t20-,22?,23-,24+,30?/m1/s1. The van der Waals surface area contributed by atoms with Crippen LogP contribution in [0.5, 0.6) is 0 Å². The Bertz CT molecular complexity index is 1390. The van der Waals surface area contributed by atoms with Crippen LogP contribution in [0.15, 0.2) is 55.0 Å². The molecule has 3 fully saturated rings. The molecular formula is C30H36N6O. The van der Waals surface area contributed by atoms with Gasteiger partial charge in [-0.25, -0.2) is 0 Å². The van der Waals surface area contributed by atoms with E-state index in [2.05, 4.69) is 70.4 Å². The maximum Gasteiger partial charge on any atom is 0.0942 e. The molecule has 4 aromatic heterocycles. The lowest BCUT2D eigenvalue weighted by Gasteiger charge is -2.33. The molecule has 2 aliphatic carbocycles. The molecule has 2 unspecified atom stereocenters. The Hall–Kier alpha value is -3.03. The zero-order valence-corrected chi connectivity index (χ0v) is 22.0. The van der Waals surface area contributed by atoms with Crippen molar-refractivity contribution in [2.24, 2.45) is 11.8 Å². The molecule has 0 aromatic carbocycles. The lowest BCUT2D eigenvalue weighted by molar-refractivity contribution is 0.0151. The summed E-state index contributed by atoms with van der Waals surface area (Å²) in [5, 5.41) is 5.13. The van der Waals surface area contributed by atoms with E-state index in [1.54, 1.807) is 0 Å². The van der Waals surface area contributed by atoms with Gasteiger partial charge in [0, 0.05) is 60.9 Å². The first-order valence-corrected chi connectivity index (χ1v) is 13.9. The van der Waals surface area contributed by atoms with Crippen LogP contribution in [-0.4, -0.2) is 61.6 Å². The molecule has 37 heavy (non-hydrogen) atoms. The fourth-order valence-electron chi connectivity index (χ4n) is 6.98. The van der Waals surface area contributed by atoms with Crippen molar-refractivity contribution in [1.82, 2.24) is 29.2 Å². The zero-order valence-electron chi connectivity index (χ0n) is 22.0. The smallest absolute Gasteiger partial charge is 0.0942 e. The van der Waals surface area contributed by atoms with Crippen LogP contribution in [0, 0.1) is 11.8 Å². The first-order chi connectivity index (χ1) is 18.1. The highest BCUT2D eigenvalue weighted by molar-refractivity contribution is 5.81. The number of ether oxygens (including phenoxy) is 1. The van der Waals surface area contributed by atoms with Gasteiger partial charge in [0.25, 0.3) is 0 Å². The largest absolute Gasteiger partial charge is 0.379 e. The van der Waals surface area contributed by atoms with Gasteiger partial charge in [-0.1, -0.05) is 6.07 Å². The molecule has 5 heterocycles. The number of fused-ring (bicyclic) bond motifs is 2. The van der Waals surface area contributed by atoms with Gasteiger partial charge in [0.2, 0.25) is 0 Å². The number of morpholine rings is 1. The highest BCUT2D eigenvalue weighted by atomic mass is 16.5. The van der Waals surface area contributed by atoms with E-state index in [0.29, 0.717) is 12.0 Å². The normalized spacial score (nSPS) is 26.6. The predicted octanol–water partition coefficient (Wildman–Crippen LogP) is 5.31. The number of rotatable bonds is 6. The van der Waals surface area contributed by atoms with E-state index < -0.39 is 0 Å². The molecule has 7 rings (SSSR count). The Morgan fingerprint density at radius 1 is 0.973 bits per heavy atom. The molecule has 1 saturated heterocycles. The molecule has 0 bridgehead atoms. The van der Waals surface area contributed by atoms with E-state index in [0.717, 1.165) is 72.2 Å². The van der Waals surface area contributed by atoms with Crippen molar-refractivity contribution in [3.8, 4) is 11.3 Å². The van der Waals surface area contributed by atoms with Crippen molar-refractivity contribution in [2.45, 2.75) is 57.7 Å². The van der Waals surface area contributed by atoms with Gasteiger partial charge >= 0.3 is 0 Å². The lowest BCUT2D eigenvalue weighted by Crippen LogP contribution is -2.43. The molecule has 5 atom stereocenters. The summed E-state index contributed by atoms with van der Waals surface area (Å²) < 4.78 is 10.1. The van der Waals surface area contributed by atoms with Gasteiger partial charge in [-0.2, -0.15) is 5.10 Å². The Kier molecular flexibility index (Phi) is 5.66. The minimum atomic E-state index is 0.129. The quantitative estimate of drug-likeness (QED) is 0.362. The third-order valence-corrected chi connectivity index (χ3v) is 8.97. The predicted molar refractivity (Wildman–Crippen MR) is 145 cm³/mol. The summed E-state index contributed by atoms with van der Waals surface area (Å²) >= 11 is 0. The second-order valence-corrected chi connectivity index (χ2v) is 11.4. The van der Waals surface area contributed by atoms with Crippen LogP contribution in [-0.2, 0) is 4.74 Å². The third-order valence-electron chi connectivity index (χ3n) is 8.97. The van der Waals surface area contributed by atoms with Crippen molar-refractivity contribution in [3.05, 3.63) is 66.4 Å². The topological polar surface area (TPSA) is 61.0 Å². The highest BCUT2D eigenvalue weighted by Crippen LogP contribution is 2.64. The van der Waals surface area contributed by atoms with Crippen LogP contribution in [0.3, 0.4) is 0 Å². The molecule has 0 radical (unpaired) electrons. The van der Waals surface area contributed by atoms with Gasteiger partial charge in [-0.15, -0.1) is 0 Å². The monoisotopic (exact) mass is 496 g/mol. The molecule has 1 aliphatic heterocycles. The van der Waals surface area contributed by atoms with Gasteiger partial charge < -0.3 is 9.30 Å². The van der Waals surface area contributed by atoms with Crippen LogP contribution in [0.4, 0.5) is 0 Å². The number of hydrogen-bond acceptors (Lipinski definition) is 5. The fourth-order valence-corrected chi connectivity index (χ4v) is 6.98. The van der Waals surface area contributed by atoms with E-state index in [4.69, 9.17) is 14.8 Å². The average Bonchev–Trinajstić information content (AvgIpc) is 3.36. The van der Waals surface area contributed by atoms with Crippen LogP contribution < -0.4 is 0 Å². The summed E-state index contributed by atoms with van der Waals surface area (Å²) in [4.78, 5) is 12.1. The van der Waals surface area contributed by atoms with Crippen molar-refractivity contribution in [3.63, 3.8) is 0 Å². The molecule has 0 spiro atoms. The first kappa shape index (κ1) is 23.1. The lowest BCUT2D eigenvalue weighted by atomic mass is 10.0. The van der Waals surface area contributed by atoms with Gasteiger partial charge in [0.05, 0.1) is 41.7 Å². The molecule has 2 saturated carbocycles. The molecular weight excluding hydrogens is 460 g/mol. The van der Waals surface area contributed by atoms with E-state index in [-0.39, 0.29) is 6.04 Å². The molecule has 0 N–H and O–H groups in total. The van der Waals surface area contributed by atoms with E-state index in [1.165, 1.54) is 18.5 Å². The number of pyridine rings is 2. The van der Waals surface area contributed by atoms with Gasteiger partial charge in [0.1, 0.15) is 0 Å². The Morgan fingerprint density at radius 3 is 2.51 bits per heavy atom. The van der Waals surface area contributed by atoms with Crippen molar-refractivity contribution in [1.29, 1.82) is 0 Å². The molecule has 7 nitrogen and oxygen atoms in total. The maximum atomic E-state index is 5.58. The summed E-state index contributed by atoms with van der Waals surface area (Å²) in [5.41, 5.74) is 6.70. The van der Waals surface area contributed by atoms with E-state index in [9.17, 15) is 0 Å². The SMILES string of the molecule is CC(C)n1nc(-c2cnc3ccn([C@H](C)c4ccccn4)c3c2)cc1C1[C@H]2CC(N3CCOCC3)C[C@@H]12. The maximum absolute atomic E-state index is 5.58. The second-order valence-electron chi connectivity index (χ2n) is 11.4. The average molecular weight is 497 g/mol. The molecule has 192 valence electrons. The second kappa shape index (κ2) is 9.07. The van der Waals surface area contributed by atoms with Crippen LogP contribution in [0.1, 0.15) is 63.0 Å². The summed E-state index contributed by atoms with van der Waals surface area (Å²) in [6, 6.07) is 14.0. The fraction of sp³-hybridized carbons (Fsp3) is 0.500. The third kappa shape index (κ3) is 3.99. The first-order valence-electron chi connectivity index (χ1n) is 13.9. The van der Waals surface area contributed by atoms with Gasteiger partial charge in [-0.3, -0.25) is 19.5 Å². The van der Waals surface area contributed by atoms with E-state index in [1.807, 2.05) is 24.5 Å². The zero-order chi connectivity index (χ0) is 25.1. The Morgan fingerprint density at radius 2 is 1.78 bits per heavy atom. The summed E-state index contributed by atoms with van der Waals surface area (Å²) in [7, 11) is 0. The van der Waals surface area contributed by atoms with E-state index >= 15 is 0 Å². The number of nitrogens with zero attached hydrogens (tertiary/aromatic N) is 6. The number of hydrogen-bond donors (Lipinski definition) is 0. The van der Waals surface area contributed by atoms with Crippen molar-refractivity contribution >= 4 is 11.0 Å². The highest BCUT2D eigenvalue weighted by Gasteiger charge is 2.58. The summed E-state index contributed by atoms with van der Waals surface area (Å²) in [5.74, 6) is 2.24. The van der Waals surface area contributed by atoms with Crippen molar-refractivity contribution < 1.29 is 4.74 Å². The number of aromatic nitrogens is 5. The molecule has 0 amide bonds. The van der Waals surface area contributed by atoms with Gasteiger partial charge in [0.15, 0.2) is 0 Å². The minimum absolute atomic E-state index is 0.129. The van der Waals surface area contributed by atoms with Crippen LogP contribution >= 0.6 is 0 Å². The summed E-state index contributed by atoms with van der Waals surface area (Å²) in [6.45, 7) is 10.7. The molecule has 7 heteroatoms. The van der Waals surface area contributed by atoms with Crippen molar-refractivity contribution in [2.75, 3.05) is 26.3 Å². The Labute approximate surface area is 218 Å². The Balaban J connectivity index is 1.17. The molecule has 4 aromatic rings. The summed E-state index contributed by atoms with van der Waals surface area (Å²) in [6.07, 6.45) is 8.60.